The van der Waals surface area contributed by atoms with Crippen molar-refractivity contribution in [3.05, 3.63) is 29.8 Å². The van der Waals surface area contributed by atoms with Crippen LogP contribution < -0.4 is 10.5 Å². The lowest BCUT2D eigenvalue weighted by Gasteiger charge is -2.16. The Balaban J connectivity index is 1.96. The Kier molecular flexibility index (Phi) is 4.43. The molecule has 0 spiro atoms. The van der Waals surface area contributed by atoms with Crippen molar-refractivity contribution in [1.29, 1.82) is 0 Å². The fourth-order valence-corrected chi connectivity index (χ4v) is 2.30. The maximum atomic E-state index is 12.1. The zero-order chi connectivity index (χ0) is 13.8. The zero-order valence-electron chi connectivity index (χ0n) is 11.6. The molecule has 1 saturated heterocycles. The van der Waals surface area contributed by atoms with Crippen molar-refractivity contribution >= 4 is 5.91 Å². The Hall–Kier alpha value is -1.55. The summed E-state index contributed by atoms with van der Waals surface area (Å²) in [7, 11) is 0. The van der Waals surface area contributed by atoms with E-state index in [2.05, 4.69) is 0 Å². The number of amides is 1. The van der Waals surface area contributed by atoms with E-state index in [1.54, 1.807) is 0 Å². The lowest BCUT2D eigenvalue weighted by molar-refractivity contribution is -0.129. The standard InChI is InChI=1S/C15H22N2O2/c1-11(2)19-14-5-3-4-12(8-14)9-15(18)17-7-6-13(16)10-17/h3-5,8,11,13H,6-7,9-10,16H2,1-2H3/t13-/m1/s1. The van der Waals surface area contributed by atoms with Crippen molar-refractivity contribution < 1.29 is 9.53 Å². The van der Waals surface area contributed by atoms with Gasteiger partial charge in [0.05, 0.1) is 12.5 Å². The van der Waals surface area contributed by atoms with Crippen LogP contribution in [0.15, 0.2) is 24.3 Å². The van der Waals surface area contributed by atoms with Gasteiger partial charge in [0.25, 0.3) is 0 Å². The third-order valence-corrected chi connectivity index (χ3v) is 3.20. The first-order valence-corrected chi connectivity index (χ1v) is 6.83. The molecule has 0 aliphatic carbocycles. The van der Waals surface area contributed by atoms with Gasteiger partial charge in [0.2, 0.25) is 5.91 Å². The minimum atomic E-state index is 0.138. The molecule has 1 fully saturated rings. The Labute approximate surface area is 114 Å². The fourth-order valence-electron chi connectivity index (χ4n) is 2.30. The maximum absolute atomic E-state index is 12.1. The van der Waals surface area contributed by atoms with E-state index in [-0.39, 0.29) is 18.1 Å². The Morgan fingerprint density at radius 3 is 2.95 bits per heavy atom. The van der Waals surface area contributed by atoms with E-state index in [1.807, 2.05) is 43.0 Å². The van der Waals surface area contributed by atoms with Crippen LogP contribution in [-0.4, -0.2) is 36.0 Å². The predicted molar refractivity (Wildman–Crippen MR) is 75.1 cm³/mol. The number of nitrogens with zero attached hydrogens (tertiary/aromatic N) is 1. The summed E-state index contributed by atoms with van der Waals surface area (Å²) in [6, 6.07) is 7.88. The molecule has 1 aliphatic rings. The summed E-state index contributed by atoms with van der Waals surface area (Å²) in [6.45, 7) is 5.44. The van der Waals surface area contributed by atoms with Gasteiger partial charge in [0, 0.05) is 19.1 Å². The van der Waals surface area contributed by atoms with Crippen LogP contribution in [0.4, 0.5) is 0 Å². The quantitative estimate of drug-likeness (QED) is 0.896. The molecule has 1 atom stereocenters. The molecule has 1 heterocycles. The van der Waals surface area contributed by atoms with Gasteiger partial charge < -0.3 is 15.4 Å². The number of likely N-dealkylation sites (tertiary alicyclic amines) is 1. The maximum Gasteiger partial charge on any atom is 0.227 e. The smallest absolute Gasteiger partial charge is 0.227 e. The molecule has 104 valence electrons. The van der Waals surface area contributed by atoms with Gasteiger partial charge in [-0.1, -0.05) is 12.1 Å². The van der Waals surface area contributed by atoms with Gasteiger partial charge in [-0.2, -0.15) is 0 Å². The van der Waals surface area contributed by atoms with E-state index in [4.69, 9.17) is 10.5 Å². The van der Waals surface area contributed by atoms with Crippen LogP contribution in [0.2, 0.25) is 0 Å². The van der Waals surface area contributed by atoms with Crippen LogP contribution in [0.1, 0.15) is 25.8 Å². The first kappa shape index (κ1) is 13.9. The van der Waals surface area contributed by atoms with E-state index in [1.165, 1.54) is 0 Å². The first-order valence-electron chi connectivity index (χ1n) is 6.83. The summed E-state index contributed by atoms with van der Waals surface area (Å²) in [5.74, 6) is 0.966. The van der Waals surface area contributed by atoms with Crippen LogP contribution in [0.5, 0.6) is 5.75 Å². The highest BCUT2D eigenvalue weighted by atomic mass is 16.5. The van der Waals surface area contributed by atoms with Crippen LogP contribution in [0, 0.1) is 0 Å². The van der Waals surface area contributed by atoms with Gasteiger partial charge >= 0.3 is 0 Å². The second kappa shape index (κ2) is 6.06. The van der Waals surface area contributed by atoms with Gasteiger partial charge in [-0.25, -0.2) is 0 Å². The van der Waals surface area contributed by atoms with Gasteiger partial charge in [0.1, 0.15) is 5.75 Å². The molecule has 0 saturated carbocycles. The van der Waals surface area contributed by atoms with Crippen LogP contribution >= 0.6 is 0 Å². The number of hydrogen-bond donors (Lipinski definition) is 1. The number of hydrogen-bond acceptors (Lipinski definition) is 3. The molecule has 0 aromatic heterocycles. The zero-order valence-corrected chi connectivity index (χ0v) is 11.6. The van der Waals surface area contributed by atoms with E-state index in [9.17, 15) is 4.79 Å². The van der Waals surface area contributed by atoms with Crippen molar-refractivity contribution in [2.45, 2.75) is 38.8 Å². The Morgan fingerprint density at radius 1 is 1.53 bits per heavy atom. The van der Waals surface area contributed by atoms with Gasteiger partial charge in [-0.3, -0.25) is 4.79 Å². The summed E-state index contributed by atoms with van der Waals surface area (Å²) in [5.41, 5.74) is 6.81. The third-order valence-electron chi connectivity index (χ3n) is 3.20. The van der Waals surface area contributed by atoms with E-state index >= 15 is 0 Å². The summed E-state index contributed by atoms with van der Waals surface area (Å²) in [4.78, 5) is 14.0. The van der Waals surface area contributed by atoms with Gasteiger partial charge in [-0.05, 0) is 38.0 Å². The largest absolute Gasteiger partial charge is 0.491 e. The predicted octanol–water partition coefficient (Wildman–Crippen LogP) is 1.58. The minimum absolute atomic E-state index is 0.138. The van der Waals surface area contributed by atoms with E-state index in [0.29, 0.717) is 13.0 Å². The summed E-state index contributed by atoms with van der Waals surface area (Å²) in [5, 5.41) is 0. The highest BCUT2D eigenvalue weighted by Gasteiger charge is 2.23. The molecular formula is C15H22N2O2. The summed E-state index contributed by atoms with van der Waals surface area (Å²) in [6.07, 6.45) is 1.46. The summed E-state index contributed by atoms with van der Waals surface area (Å²) < 4.78 is 5.63. The second-order valence-corrected chi connectivity index (χ2v) is 5.38. The molecule has 0 radical (unpaired) electrons. The number of ether oxygens (including phenoxy) is 1. The van der Waals surface area contributed by atoms with Crippen molar-refractivity contribution in [2.75, 3.05) is 13.1 Å². The highest BCUT2D eigenvalue weighted by molar-refractivity contribution is 5.79. The SMILES string of the molecule is CC(C)Oc1cccc(CC(=O)N2CC[C@@H](N)C2)c1. The first-order chi connectivity index (χ1) is 9.04. The Morgan fingerprint density at radius 2 is 2.32 bits per heavy atom. The molecule has 0 unspecified atom stereocenters. The van der Waals surface area contributed by atoms with Gasteiger partial charge in [-0.15, -0.1) is 0 Å². The lowest BCUT2D eigenvalue weighted by atomic mass is 10.1. The number of benzene rings is 1. The minimum Gasteiger partial charge on any atom is -0.491 e. The molecule has 1 amide bonds. The molecule has 4 heteroatoms. The Bertz CT molecular complexity index is 446. The van der Waals surface area contributed by atoms with Crippen molar-refractivity contribution in [3.63, 3.8) is 0 Å². The molecule has 2 N–H and O–H groups in total. The lowest BCUT2D eigenvalue weighted by Crippen LogP contribution is -2.32. The number of carbonyl (C=O) groups is 1. The van der Waals surface area contributed by atoms with Crippen LogP contribution in [0.25, 0.3) is 0 Å². The van der Waals surface area contributed by atoms with E-state index < -0.39 is 0 Å². The van der Waals surface area contributed by atoms with Crippen LogP contribution in [-0.2, 0) is 11.2 Å². The molecule has 2 rings (SSSR count). The van der Waals surface area contributed by atoms with Crippen molar-refractivity contribution in [2.24, 2.45) is 5.73 Å². The number of carbonyl (C=O) groups excluding carboxylic acids is 1. The third kappa shape index (κ3) is 3.96. The average Bonchev–Trinajstić information content (AvgIpc) is 2.75. The highest BCUT2D eigenvalue weighted by Crippen LogP contribution is 2.17. The van der Waals surface area contributed by atoms with Crippen molar-refractivity contribution in [1.82, 2.24) is 4.90 Å². The van der Waals surface area contributed by atoms with Gasteiger partial charge in [0.15, 0.2) is 0 Å². The molecule has 1 aromatic rings. The monoisotopic (exact) mass is 262 g/mol. The number of rotatable bonds is 4. The summed E-state index contributed by atoms with van der Waals surface area (Å²) >= 11 is 0. The van der Waals surface area contributed by atoms with E-state index in [0.717, 1.165) is 24.3 Å². The van der Waals surface area contributed by atoms with Crippen molar-refractivity contribution in [3.8, 4) is 5.75 Å². The molecule has 4 nitrogen and oxygen atoms in total. The topological polar surface area (TPSA) is 55.6 Å². The fraction of sp³-hybridized carbons (Fsp3) is 0.533. The molecule has 0 bridgehead atoms. The number of nitrogens with two attached hydrogens (primary N) is 1. The van der Waals surface area contributed by atoms with Crippen LogP contribution in [0.3, 0.4) is 0 Å². The molecule has 1 aromatic carbocycles. The normalized spacial score (nSPS) is 18.9. The average molecular weight is 262 g/mol. The molecule has 19 heavy (non-hydrogen) atoms. The molecular weight excluding hydrogens is 240 g/mol. The second-order valence-electron chi connectivity index (χ2n) is 5.38. The molecule has 1 aliphatic heterocycles.